The van der Waals surface area contributed by atoms with Crippen LogP contribution >= 0.6 is 23.4 Å². The molecular formula is C12H18ClNS. The summed E-state index contributed by atoms with van der Waals surface area (Å²) >= 11 is 7.78. The molecule has 1 aromatic rings. The van der Waals surface area contributed by atoms with Crippen molar-refractivity contribution >= 4 is 23.4 Å². The molecule has 0 aliphatic heterocycles. The SMILES string of the molecule is CCCSC(c1ccc(Cl)cc1)C(C)N. The summed E-state index contributed by atoms with van der Waals surface area (Å²) in [7, 11) is 0. The van der Waals surface area contributed by atoms with Gasteiger partial charge in [-0.25, -0.2) is 0 Å². The first kappa shape index (κ1) is 12.9. The van der Waals surface area contributed by atoms with E-state index in [0.717, 1.165) is 10.8 Å². The van der Waals surface area contributed by atoms with Crippen molar-refractivity contribution in [1.82, 2.24) is 0 Å². The Morgan fingerprint density at radius 3 is 2.40 bits per heavy atom. The zero-order valence-corrected chi connectivity index (χ0v) is 10.8. The molecule has 0 bridgehead atoms. The van der Waals surface area contributed by atoms with Crippen LogP contribution in [-0.2, 0) is 0 Å². The summed E-state index contributed by atoms with van der Waals surface area (Å²) in [6.07, 6.45) is 1.18. The van der Waals surface area contributed by atoms with E-state index in [-0.39, 0.29) is 6.04 Å². The van der Waals surface area contributed by atoms with Gasteiger partial charge in [0.2, 0.25) is 0 Å². The minimum Gasteiger partial charge on any atom is -0.327 e. The lowest BCUT2D eigenvalue weighted by Gasteiger charge is -2.20. The van der Waals surface area contributed by atoms with Gasteiger partial charge in [0.15, 0.2) is 0 Å². The zero-order valence-electron chi connectivity index (χ0n) is 9.24. The van der Waals surface area contributed by atoms with E-state index in [9.17, 15) is 0 Å². The quantitative estimate of drug-likeness (QED) is 0.850. The fraction of sp³-hybridized carbons (Fsp3) is 0.500. The Bertz CT molecular complexity index is 284. The molecule has 0 heterocycles. The first-order valence-corrected chi connectivity index (χ1v) is 6.70. The molecule has 1 rings (SSSR count). The maximum atomic E-state index is 5.99. The van der Waals surface area contributed by atoms with Crippen LogP contribution in [-0.4, -0.2) is 11.8 Å². The highest BCUT2D eigenvalue weighted by molar-refractivity contribution is 7.99. The summed E-state index contributed by atoms with van der Waals surface area (Å²) in [4.78, 5) is 0. The van der Waals surface area contributed by atoms with E-state index < -0.39 is 0 Å². The summed E-state index contributed by atoms with van der Waals surface area (Å²) in [5.74, 6) is 1.15. The third-order valence-electron chi connectivity index (χ3n) is 2.18. The number of nitrogens with two attached hydrogens (primary N) is 1. The minimum atomic E-state index is 0.169. The van der Waals surface area contributed by atoms with Crippen molar-refractivity contribution in [3.8, 4) is 0 Å². The Hall–Kier alpha value is -0.180. The predicted octanol–water partition coefficient (Wildman–Crippen LogP) is 3.87. The second kappa shape index (κ2) is 6.41. The van der Waals surface area contributed by atoms with Crippen molar-refractivity contribution in [3.63, 3.8) is 0 Å². The average molecular weight is 244 g/mol. The van der Waals surface area contributed by atoms with Crippen molar-refractivity contribution in [2.24, 2.45) is 5.73 Å². The highest BCUT2D eigenvalue weighted by atomic mass is 35.5. The van der Waals surface area contributed by atoms with E-state index in [1.807, 2.05) is 23.9 Å². The molecule has 84 valence electrons. The molecule has 0 aliphatic carbocycles. The van der Waals surface area contributed by atoms with Crippen LogP contribution in [0.4, 0.5) is 0 Å². The molecule has 15 heavy (non-hydrogen) atoms. The van der Waals surface area contributed by atoms with Crippen molar-refractivity contribution < 1.29 is 0 Å². The molecule has 0 aliphatic rings. The molecule has 0 spiro atoms. The second-order valence-electron chi connectivity index (χ2n) is 3.70. The monoisotopic (exact) mass is 243 g/mol. The highest BCUT2D eigenvalue weighted by Crippen LogP contribution is 2.32. The van der Waals surface area contributed by atoms with E-state index in [2.05, 4.69) is 26.0 Å². The molecule has 0 aromatic heterocycles. The van der Waals surface area contributed by atoms with Crippen LogP contribution in [0.5, 0.6) is 0 Å². The number of hydrogen-bond donors (Lipinski definition) is 1. The molecule has 0 radical (unpaired) electrons. The van der Waals surface area contributed by atoms with Gasteiger partial charge in [-0.05, 0) is 36.8 Å². The lowest BCUT2D eigenvalue weighted by atomic mass is 10.1. The zero-order chi connectivity index (χ0) is 11.3. The standard InChI is InChI=1S/C12H18ClNS/c1-3-8-15-12(9(2)14)10-4-6-11(13)7-5-10/h4-7,9,12H,3,8,14H2,1-2H3. The number of hydrogen-bond acceptors (Lipinski definition) is 2. The first-order chi connectivity index (χ1) is 7.15. The van der Waals surface area contributed by atoms with E-state index in [1.54, 1.807) is 0 Å². The topological polar surface area (TPSA) is 26.0 Å². The van der Waals surface area contributed by atoms with Gasteiger partial charge in [-0.1, -0.05) is 30.7 Å². The predicted molar refractivity (Wildman–Crippen MR) is 70.6 cm³/mol. The summed E-state index contributed by atoms with van der Waals surface area (Å²) < 4.78 is 0. The maximum absolute atomic E-state index is 5.99. The normalized spacial score (nSPS) is 14.9. The van der Waals surface area contributed by atoms with E-state index in [1.165, 1.54) is 12.0 Å². The van der Waals surface area contributed by atoms with Gasteiger partial charge < -0.3 is 5.73 Å². The van der Waals surface area contributed by atoms with E-state index >= 15 is 0 Å². The lowest BCUT2D eigenvalue weighted by Crippen LogP contribution is -2.22. The average Bonchev–Trinajstić information content (AvgIpc) is 2.21. The lowest BCUT2D eigenvalue weighted by molar-refractivity contribution is 0.721. The van der Waals surface area contributed by atoms with Gasteiger partial charge in [0.1, 0.15) is 0 Å². The molecule has 1 nitrogen and oxygen atoms in total. The van der Waals surface area contributed by atoms with Crippen LogP contribution in [0.1, 0.15) is 31.1 Å². The molecule has 0 amide bonds. The summed E-state index contributed by atoms with van der Waals surface area (Å²) in [6.45, 7) is 4.25. The van der Waals surface area contributed by atoms with E-state index in [4.69, 9.17) is 17.3 Å². The summed E-state index contributed by atoms with van der Waals surface area (Å²) in [5.41, 5.74) is 7.26. The van der Waals surface area contributed by atoms with Crippen molar-refractivity contribution in [1.29, 1.82) is 0 Å². The third kappa shape index (κ3) is 4.06. The van der Waals surface area contributed by atoms with Crippen LogP contribution in [0, 0.1) is 0 Å². The molecule has 0 fully saturated rings. The molecule has 2 unspecified atom stereocenters. The number of halogens is 1. The molecule has 2 atom stereocenters. The minimum absolute atomic E-state index is 0.169. The Balaban J connectivity index is 2.74. The molecule has 0 saturated carbocycles. The van der Waals surface area contributed by atoms with Crippen LogP contribution < -0.4 is 5.73 Å². The van der Waals surface area contributed by atoms with Crippen LogP contribution in [0.15, 0.2) is 24.3 Å². The number of benzene rings is 1. The van der Waals surface area contributed by atoms with Gasteiger partial charge in [0.25, 0.3) is 0 Å². The number of rotatable bonds is 5. The second-order valence-corrected chi connectivity index (χ2v) is 5.39. The molecule has 0 saturated heterocycles. The first-order valence-electron chi connectivity index (χ1n) is 5.27. The Kier molecular flexibility index (Phi) is 5.51. The van der Waals surface area contributed by atoms with Gasteiger partial charge in [-0.3, -0.25) is 0 Å². The molecule has 1 aromatic carbocycles. The van der Waals surface area contributed by atoms with Crippen molar-refractivity contribution in [2.45, 2.75) is 31.6 Å². The van der Waals surface area contributed by atoms with Crippen LogP contribution in [0.2, 0.25) is 5.02 Å². The van der Waals surface area contributed by atoms with Gasteiger partial charge in [0, 0.05) is 16.3 Å². The summed E-state index contributed by atoms with van der Waals surface area (Å²) in [6, 6.07) is 8.16. The number of thioether (sulfide) groups is 1. The Morgan fingerprint density at radius 1 is 1.33 bits per heavy atom. The van der Waals surface area contributed by atoms with Crippen LogP contribution in [0.3, 0.4) is 0 Å². The Labute approximate surface area is 101 Å². The van der Waals surface area contributed by atoms with Gasteiger partial charge in [-0.15, -0.1) is 0 Å². The van der Waals surface area contributed by atoms with Gasteiger partial charge >= 0.3 is 0 Å². The maximum Gasteiger partial charge on any atom is 0.0445 e. The van der Waals surface area contributed by atoms with Gasteiger partial charge in [-0.2, -0.15) is 11.8 Å². The molecule has 3 heteroatoms. The van der Waals surface area contributed by atoms with E-state index in [0.29, 0.717) is 5.25 Å². The summed E-state index contributed by atoms with van der Waals surface area (Å²) in [5, 5.41) is 1.16. The fourth-order valence-corrected chi connectivity index (χ4v) is 2.72. The molecule has 2 N–H and O–H groups in total. The molecular weight excluding hydrogens is 226 g/mol. The van der Waals surface area contributed by atoms with Crippen LogP contribution in [0.25, 0.3) is 0 Å². The van der Waals surface area contributed by atoms with Gasteiger partial charge in [0.05, 0.1) is 0 Å². The largest absolute Gasteiger partial charge is 0.327 e. The van der Waals surface area contributed by atoms with Crippen molar-refractivity contribution in [2.75, 3.05) is 5.75 Å². The smallest absolute Gasteiger partial charge is 0.0445 e. The third-order valence-corrected chi connectivity index (χ3v) is 4.13. The van der Waals surface area contributed by atoms with Crippen molar-refractivity contribution in [3.05, 3.63) is 34.9 Å². The highest BCUT2D eigenvalue weighted by Gasteiger charge is 2.15. The fourth-order valence-electron chi connectivity index (χ4n) is 1.45. The Morgan fingerprint density at radius 2 is 1.93 bits per heavy atom.